The van der Waals surface area contributed by atoms with Gasteiger partial charge in [0.2, 0.25) is 0 Å². The van der Waals surface area contributed by atoms with Gasteiger partial charge in [-0.3, -0.25) is 9.59 Å². The van der Waals surface area contributed by atoms with Gasteiger partial charge in [0.15, 0.2) is 6.10 Å². The van der Waals surface area contributed by atoms with E-state index in [9.17, 15) is 9.59 Å². The van der Waals surface area contributed by atoms with Gasteiger partial charge in [-0.15, -0.1) is 0 Å². The van der Waals surface area contributed by atoms with Crippen LogP contribution in [-0.4, -0.2) is 37.9 Å². The lowest BCUT2D eigenvalue weighted by Crippen LogP contribution is -2.30. The minimum atomic E-state index is -0.567. The molecule has 0 bridgehead atoms. The molecule has 1 atom stereocenters. The van der Waals surface area contributed by atoms with Crippen LogP contribution >= 0.6 is 0 Å². The third-order valence-electron chi connectivity index (χ3n) is 10.6. The van der Waals surface area contributed by atoms with Gasteiger partial charge in [0, 0.05) is 19.4 Å². The van der Waals surface area contributed by atoms with Gasteiger partial charge in [0.05, 0.1) is 6.61 Å². The molecule has 62 heavy (non-hydrogen) atoms. The van der Waals surface area contributed by atoms with Gasteiger partial charge in [0.1, 0.15) is 6.61 Å². The molecule has 0 radical (unpaired) electrons. The summed E-state index contributed by atoms with van der Waals surface area (Å²) in [5.74, 6) is -0.445. The Morgan fingerprint density at radius 2 is 0.742 bits per heavy atom. The highest BCUT2D eigenvalue weighted by Crippen LogP contribution is 2.13. The van der Waals surface area contributed by atoms with Crippen molar-refractivity contribution in [3.8, 4) is 0 Å². The van der Waals surface area contributed by atoms with E-state index in [0.717, 1.165) is 116 Å². The van der Waals surface area contributed by atoms with Crippen molar-refractivity contribution in [3.63, 3.8) is 0 Å². The number of hydrogen-bond donors (Lipinski definition) is 0. The van der Waals surface area contributed by atoms with E-state index < -0.39 is 6.10 Å². The van der Waals surface area contributed by atoms with Crippen molar-refractivity contribution in [2.24, 2.45) is 0 Å². The molecule has 0 spiro atoms. The molecular formula is C57H96O5. The zero-order chi connectivity index (χ0) is 44.9. The van der Waals surface area contributed by atoms with Crippen molar-refractivity contribution in [2.45, 2.75) is 232 Å². The van der Waals surface area contributed by atoms with Gasteiger partial charge in [-0.1, -0.05) is 195 Å². The van der Waals surface area contributed by atoms with Crippen LogP contribution in [0.25, 0.3) is 0 Å². The molecule has 5 nitrogen and oxygen atoms in total. The highest BCUT2D eigenvalue weighted by Gasteiger charge is 2.17. The summed E-state index contributed by atoms with van der Waals surface area (Å²) in [4.78, 5) is 25.4. The van der Waals surface area contributed by atoms with E-state index >= 15 is 0 Å². The van der Waals surface area contributed by atoms with Gasteiger partial charge in [-0.25, -0.2) is 0 Å². The number of esters is 2. The summed E-state index contributed by atoms with van der Waals surface area (Å²) < 4.78 is 17.3. The molecule has 0 aliphatic carbocycles. The molecule has 0 aromatic carbocycles. The highest BCUT2D eigenvalue weighted by molar-refractivity contribution is 5.70. The number of carbonyl (C=O) groups excluding carboxylic acids is 2. The van der Waals surface area contributed by atoms with Crippen molar-refractivity contribution >= 4 is 11.9 Å². The number of unbranched alkanes of at least 4 members (excludes halogenated alkanes) is 19. The Morgan fingerprint density at radius 1 is 0.371 bits per heavy atom. The lowest BCUT2D eigenvalue weighted by atomic mass is 10.1. The van der Waals surface area contributed by atoms with Crippen LogP contribution < -0.4 is 0 Å². The van der Waals surface area contributed by atoms with Crippen LogP contribution in [0.2, 0.25) is 0 Å². The summed E-state index contributed by atoms with van der Waals surface area (Å²) >= 11 is 0. The summed E-state index contributed by atoms with van der Waals surface area (Å²) in [5.41, 5.74) is 0. The average molecular weight is 861 g/mol. The summed E-state index contributed by atoms with van der Waals surface area (Å²) in [5, 5.41) is 0. The Labute approximate surface area is 383 Å². The minimum Gasteiger partial charge on any atom is -0.462 e. The Kier molecular flexibility index (Phi) is 49.5. The van der Waals surface area contributed by atoms with Gasteiger partial charge in [-0.2, -0.15) is 0 Å². The van der Waals surface area contributed by atoms with Crippen LogP contribution in [0.1, 0.15) is 226 Å². The van der Waals surface area contributed by atoms with Crippen LogP contribution in [-0.2, 0) is 23.8 Å². The Hall–Kier alpha value is -3.18. The maximum Gasteiger partial charge on any atom is 0.306 e. The first-order chi connectivity index (χ1) is 30.6. The standard InChI is InChI=1S/C57H96O5/c1-4-7-10-13-16-19-22-24-26-28-29-30-31-33-36-38-41-44-47-50-56(58)61-54-55(62-57(59)51-48-45-42-39-35-21-18-15-12-9-6-3)53-60-52-49-46-43-40-37-34-32-27-25-23-20-17-14-11-8-5-2/h8,11,15-20,24-27,29-30,34,37,55H,4-7,9-10,12-14,21-23,28,31-33,35-36,38-54H2,1-3H3/b11-8-,18-15-,19-16-,20-17-,26-24-,27-25-,30-29-,37-34-. The van der Waals surface area contributed by atoms with Crippen LogP contribution in [0, 0.1) is 0 Å². The number of allylic oxidation sites excluding steroid dienone is 16. The zero-order valence-electron chi connectivity index (χ0n) is 40.6. The molecule has 0 N–H and O–H groups in total. The molecule has 0 rings (SSSR count). The Morgan fingerprint density at radius 3 is 1.23 bits per heavy atom. The average Bonchev–Trinajstić information content (AvgIpc) is 3.27. The monoisotopic (exact) mass is 861 g/mol. The lowest BCUT2D eigenvalue weighted by molar-refractivity contribution is -0.163. The maximum atomic E-state index is 12.8. The number of ether oxygens (including phenoxy) is 3. The molecular weight excluding hydrogens is 765 g/mol. The third kappa shape index (κ3) is 49.5. The second-order valence-corrected chi connectivity index (χ2v) is 16.7. The topological polar surface area (TPSA) is 61.8 Å². The van der Waals surface area contributed by atoms with E-state index in [-0.39, 0.29) is 25.2 Å². The van der Waals surface area contributed by atoms with E-state index in [1.807, 2.05) is 0 Å². The fourth-order valence-corrected chi connectivity index (χ4v) is 6.72. The SMILES string of the molecule is CC/C=C\C/C=C\C/C=C\C/C=C\CCCCCOCC(COC(=O)CCCCCCCC/C=C\C/C=C\C/C=C\CCCCC)OC(=O)CCCCCCC/C=C\CCCC. The van der Waals surface area contributed by atoms with Crippen LogP contribution in [0.3, 0.4) is 0 Å². The molecule has 0 aromatic rings. The number of hydrogen-bond acceptors (Lipinski definition) is 5. The molecule has 354 valence electrons. The van der Waals surface area contributed by atoms with Crippen LogP contribution in [0.15, 0.2) is 97.2 Å². The molecule has 0 aromatic heterocycles. The van der Waals surface area contributed by atoms with E-state index in [1.165, 1.54) is 77.0 Å². The van der Waals surface area contributed by atoms with Crippen LogP contribution in [0.5, 0.6) is 0 Å². The van der Waals surface area contributed by atoms with Gasteiger partial charge in [0.25, 0.3) is 0 Å². The van der Waals surface area contributed by atoms with E-state index in [2.05, 4.69) is 118 Å². The number of rotatable bonds is 46. The summed E-state index contributed by atoms with van der Waals surface area (Å²) in [6.45, 7) is 7.55. The molecule has 1 unspecified atom stereocenters. The predicted molar refractivity (Wildman–Crippen MR) is 270 cm³/mol. The fourth-order valence-electron chi connectivity index (χ4n) is 6.72. The van der Waals surface area contributed by atoms with Crippen molar-refractivity contribution in [2.75, 3.05) is 19.8 Å². The second-order valence-electron chi connectivity index (χ2n) is 16.7. The molecule has 0 aliphatic heterocycles. The van der Waals surface area contributed by atoms with Gasteiger partial charge < -0.3 is 14.2 Å². The summed E-state index contributed by atoms with van der Waals surface area (Å²) in [6, 6.07) is 0. The molecule has 0 saturated heterocycles. The molecule has 0 saturated carbocycles. The van der Waals surface area contributed by atoms with E-state index in [1.54, 1.807) is 0 Å². The fraction of sp³-hybridized carbons (Fsp3) is 0.684. The highest BCUT2D eigenvalue weighted by atomic mass is 16.6. The molecule has 0 aliphatic rings. The minimum absolute atomic E-state index is 0.0572. The first-order valence-electron chi connectivity index (χ1n) is 25.8. The molecule has 0 heterocycles. The number of carbonyl (C=O) groups is 2. The Balaban J connectivity index is 4.33. The van der Waals surface area contributed by atoms with Crippen molar-refractivity contribution in [1.29, 1.82) is 0 Å². The largest absolute Gasteiger partial charge is 0.462 e. The van der Waals surface area contributed by atoms with E-state index in [4.69, 9.17) is 14.2 Å². The van der Waals surface area contributed by atoms with Crippen molar-refractivity contribution < 1.29 is 23.8 Å². The summed E-state index contributed by atoms with van der Waals surface area (Å²) in [7, 11) is 0. The van der Waals surface area contributed by atoms with E-state index in [0.29, 0.717) is 19.4 Å². The quantitative estimate of drug-likeness (QED) is 0.0347. The molecule has 0 fully saturated rings. The molecule has 0 amide bonds. The predicted octanol–water partition coefficient (Wildman–Crippen LogP) is 17.5. The normalized spacial score (nSPS) is 13.0. The maximum absolute atomic E-state index is 12.8. The van der Waals surface area contributed by atoms with Gasteiger partial charge in [-0.05, 0) is 116 Å². The van der Waals surface area contributed by atoms with Crippen molar-refractivity contribution in [1.82, 2.24) is 0 Å². The molecule has 5 heteroatoms. The van der Waals surface area contributed by atoms with Crippen LogP contribution in [0.4, 0.5) is 0 Å². The first-order valence-corrected chi connectivity index (χ1v) is 25.8. The lowest BCUT2D eigenvalue weighted by Gasteiger charge is -2.18. The first kappa shape index (κ1) is 58.8. The third-order valence-corrected chi connectivity index (χ3v) is 10.6. The second kappa shape index (κ2) is 52.2. The Bertz CT molecular complexity index is 1200. The smallest absolute Gasteiger partial charge is 0.306 e. The van der Waals surface area contributed by atoms with Gasteiger partial charge >= 0.3 is 11.9 Å². The zero-order valence-corrected chi connectivity index (χ0v) is 40.6. The summed E-state index contributed by atoms with van der Waals surface area (Å²) in [6.07, 6.45) is 69.9. The van der Waals surface area contributed by atoms with Crippen molar-refractivity contribution in [3.05, 3.63) is 97.2 Å².